The minimum absolute atomic E-state index is 0.0968. The third kappa shape index (κ3) is 5.70. The SMILES string of the molecule is CCCCC(=O)NCc1ccc(-c2ccccc2-c2nnnn2C(c2ccccc2)c2ccccc2)cc1. The van der Waals surface area contributed by atoms with Crippen molar-refractivity contribution in [3.05, 3.63) is 126 Å². The molecule has 5 rings (SSSR count). The van der Waals surface area contributed by atoms with Crippen molar-refractivity contribution in [1.29, 1.82) is 0 Å². The van der Waals surface area contributed by atoms with Crippen LogP contribution in [0, 0.1) is 0 Å². The lowest BCUT2D eigenvalue weighted by Crippen LogP contribution is -2.22. The second-order valence-electron chi connectivity index (χ2n) is 9.29. The molecule has 0 aliphatic rings. The van der Waals surface area contributed by atoms with Crippen molar-refractivity contribution in [2.45, 2.75) is 38.8 Å². The quantitative estimate of drug-likeness (QED) is 0.239. The Morgan fingerprint density at radius 2 is 1.39 bits per heavy atom. The first kappa shape index (κ1) is 25.1. The number of nitrogens with one attached hydrogen (secondary N) is 1. The Kier molecular flexibility index (Phi) is 7.99. The second kappa shape index (κ2) is 12.1. The lowest BCUT2D eigenvalue weighted by atomic mass is 9.96. The smallest absolute Gasteiger partial charge is 0.220 e. The minimum Gasteiger partial charge on any atom is -0.352 e. The summed E-state index contributed by atoms with van der Waals surface area (Å²) in [5.74, 6) is 0.796. The van der Waals surface area contributed by atoms with Gasteiger partial charge in [0.2, 0.25) is 5.91 Å². The average molecular weight is 502 g/mol. The lowest BCUT2D eigenvalue weighted by molar-refractivity contribution is -0.121. The van der Waals surface area contributed by atoms with E-state index in [9.17, 15) is 4.79 Å². The molecule has 1 N–H and O–H groups in total. The van der Waals surface area contributed by atoms with Gasteiger partial charge in [-0.1, -0.05) is 123 Å². The molecule has 0 saturated heterocycles. The predicted molar refractivity (Wildman–Crippen MR) is 150 cm³/mol. The van der Waals surface area contributed by atoms with Crippen molar-refractivity contribution in [1.82, 2.24) is 25.5 Å². The van der Waals surface area contributed by atoms with Gasteiger partial charge in [0.1, 0.15) is 6.04 Å². The van der Waals surface area contributed by atoms with Gasteiger partial charge in [0.15, 0.2) is 5.82 Å². The number of nitrogens with zero attached hydrogens (tertiary/aromatic N) is 4. The molecule has 0 atom stereocenters. The second-order valence-corrected chi connectivity index (χ2v) is 9.29. The van der Waals surface area contributed by atoms with Gasteiger partial charge in [0, 0.05) is 18.5 Å². The Hall–Kier alpha value is -4.58. The Bertz CT molecular complexity index is 1420. The molecule has 38 heavy (non-hydrogen) atoms. The first-order valence-corrected chi connectivity index (χ1v) is 13.1. The summed E-state index contributed by atoms with van der Waals surface area (Å²) in [4.78, 5) is 12.0. The van der Waals surface area contributed by atoms with Crippen LogP contribution in [0.1, 0.15) is 48.9 Å². The van der Waals surface area contributed by atoms with E-state index in [0.29, 0.717) is 18.8 Å². The van der Waals surface area contributed by atoms with Gasteiger partial charge in [-0.15, -0.1) is 5.10 Å². The number of benzene rings is 4. The van der Waals surface area contributed by atoms with E-state index in [1.54, 1.807) is 0 Å². The van der Waals surface area contributed by atoms with Gasteiger partial charge in [-0.3, -0.25) is 4.79 Å². The van der Waals surface area contributed by atoms with Crippen molar-refractivity contribution in [3.63, 3.8) is 0 Å². The van der Waals surface area contributed by atoms with E-state index in [2.05, 4.69) is 88.4 Å². The maximum atomic E-state index is 12.0. The Morgan fingerprint density at radius 1 is 0.789 bits per heavy atom. The third-order valence-corrected chi connectivity index (χ3v) is 6.65. The number of carbonyl (C=O) groups is 1. The summed E-state index contributed by atoms with van der Waals surface area (Å²) in [5.41, 5.74) is 6.34. The Labute approximate surface area is 223 Å². The van der Waals surface area contributed by atoms with Crippen molar-refractivity contribution >= 4 is 5.91 Å². The molecular weight excluding hydrogens is 470 g/mol. The zero-order valence-corrected chi connectivity index (χ0v) is 21.5. The van der Waals surface area contributed by atoms with Crippen molar-refractivity contribution in [3.8, 4) is 22.5 Å². The van der Waals surface area contributed by atoms with Crippen LogP contribution in [0.5, 0.6) is 0 Å². The van der Waals surface area contributed by atoms with Crippen LogP contribution >= 0.6 is 0 Å². The fraction of sp³-hybridized carbons (Fsp3) is 0.188. The molecule has 6 nitrogen and oxygen atoms in total. The summed E-state index contributed by atoms with van der Waals surface area (Å²) in [5, 5.41) is 16.1. The highest BCUT2D eigenvalue weighted by atomic mass is 16.1. The number of aromatic nitrogens is 4. The molecule has 1 heterocycles. The van der Waals surface area contributed by atoms with Crippen LogP contribution in [-0.4, -0.2) is 26.1 Å². The number of hydrogen-bond acceptors (Lipinski definition) is 4. The topological polar surface area (TPSA) is 72.7 Å². The zero-order valence-electron chi connectivity index (χ0n) is 21.5. The number of amides is 1. The highest BCUT2D eigenvalue weighted by molar-refractivity contribution is 5.81. The molecule has 0 fully saturated rings. The van der Waals surface area contributed by atoms with Gasteiger partial charge >= 0.3 is 0 Å². The van der Waals surface area contributed by atoms with Crippen molar-refractivity contribution < 1.29 is 4.79 Å². The van der Waals surface area contributed by atoms with Crippen LogP contribution in [0.3, 0.4) is 0 Å². The fourth-order valence-electron chi connectivity index (χ4n) is 4.65. The maximum Gasteiger partial charge on any atom is 0.220 e. The maximum absolute atomic E-state index is 12.0. The summed E-state index contributed by atoms with van der Waals surface area (Å²) in [6, 6.07) is 36.9. The van der Waals surface area contributed by atoms with Gasteiger partial charge in [-0.25, -0.2) is 4.68 Å². The normalized spacial score (nSPS) is 11.0. The minimum atomic E-state index is -0.172. The molecule has 5 aromatic rings. The monoisotopic (exact) mass is 501 g/mol. The third-order valence-electron chi connectivity index (χ3n) is 6.65. The summed E-state index contributed by atoms with van der Waals surface area (Å²) < 4.78 is 1.91. The van der Waals surface area contributed by atoms with Crippen LogP contribution in [-0.2, 0) is 11.3 Å². The highest BCUT2D eigenvalue weighted by Crippen LogP contribution is 2.34. The van der Waals surface area contributed by atoms with Gasteiger partial charge in [-0.05, 0) is 44.7 Å². The van der Waals surface area contributed by atoms with Gasteiger partial charge in [0.25, 0.3) is 0 Å². The van der Waals surface area contributed by atoms with E-state index in [0.717, 1.165) is 46.2 Å². The van der Waals surface area contributed by atoms with E-state index in [4.69, 9.17) is 0 Å². The van der Waals surface area contributed by atoms with Crippen LogP contribution in [0.25, 0.3) is 22.5 Å². The molecule has 190 valence electrons. The molecule has 0 unspecified atom stereocenters. The average Bonchev–Trinajstić information content (AvgIpc) is 3.46. The first-order valence-electron chi connectivity index (χ1n) is 13.1. The van der Waals surface area contributed by atoms with E-state index < -0.39 is 0 Å². The largest absolute Gasteiger partial charge is 0.352 e. The number of carbonyl (C=O) groups excluding carboxylic acids is 1. The van der Waals surface area contributed by atoms with Crippen molar-refractivity contribution in [2.24, 2.45) is 0 Å². The van der Waals surface area contributed by atoms with E-state index in [-0.39, 0.29) is 11.9 Å². The van der Waals surface area contributed by atoms with E-state index in [1.165, 1.54) is 0 Å². The van der Waals surface area contributed by atoms with Gasteiger partial charge in [-0.2, -0.15) is 0 Å². The molecule has 4 aromatic carbocycles. The van der Waals surface area contributed by atoms with Crippen molar-refractivity contribution in [2.75, 3.05) is 0 Å². The standard InChI is InChI=1S/C32H31N5O/c1-2-3-18-30(38)33-23-24-19-21-25(22-20-24)28-16-10-11-17-29(28)32-34-35-36-37(32)31(26-12-6-4-7-13-26)27-14-8-5-9-15-27/h4-17,19-22,31H,2-3,18,23H2,1H3,(H,33,38). The number of rotatable bonds is 10. The number of unbranched alkanes of at least 4 members (excludes halogenated alkanes) is 1. The van der Waals surface area contributed by atoms with E-state index in [1.807, 2.05) is 53.2 Å². The van der Waals surface area contributed by atoms with Crippen LogP contribution in [0.4, 0.5) is 0 Å². The summed E-state index contributed by atoms with van der Waals surface area (Å²) in [6.07, 6.45) is 2.50. The van der Waals surface area contributed by atoms with Crippen LogP contribution < -0.4 is 5.32 Å². The molecule has 0 aliphatic carbocycles. The highest BCUT2D eigenvalue weighted by Gasteiger charge is 2.23. The Balaban J connectivity index is 1.47. The molecule has 1 aromatic heterocycles. The predicted octanol–water partition coefficient (Wildman–Crippen LogP) is 6.45. The molecule has 1 amide bonds. The summed E-state index contributed by atoms with van der Waals surface area (Å²) in [6.45, 7) is 2.62. The van der Waals surface area contributed by atoms with Crippen LogP contribution in [0.15, 0.2) is 109 Å². The number of tetrazole rings is 1. The molecule has 0 radical (unpaired) electrons. The van der Waals surface area contributed by atoms with Gasteiger partial charge < -0.3 is 5.32 Å². The molecular formula is C32H31N5O. The summed E-state index contributed by atoms with van der Waals surface area (Å²) in [7, 11) is 0. The molecule has 6 heteroatoms. The molecule has 0 spiro atoms. The Morgan fingerprint density at radius 3 is 2.03 bits per heavy atom. The fourth-order valence-corrected chi connectivity index (χ4v) is 4.65. The lowest BCUT2D eigenvalue weighted by Gasteiger charge is -2.20. The molecule has 0 saturated carbocycles. The van der Waals surface area contributed by atoms with Crippen LogP contribution in [0.2, 0.25) is 0 Å². The molecule has 0 aliphatic heterocycles. The molecule has 0 bridgehead atoms. The summed E-state index contributed by atoms with van der Waals surface area (Å²) >= 11 is 0. The van der Waals surface area contributed by atoms with E-state index >= 15 is 0 Å². The number of hydrogen-bond donors (Lipinski definition) is 1. The van der Waals surface area contributed by atoms with Gasteiger partial charge in [0.05, 0.1) is 0 Å². The first-order chi connectivity index (χ1) is 18.7. The zero-order chi connectivity index (χ0) is 26.2.